The van der Waals surface area contributed by atoms with E-state index in [1.54, 1.807) is 0 Å². The molecule has 0 radical (unpaired) electrons. The van der Waals surface area contributed by atoms with Crippen molar-refractivity contribution in [1.82, 2.24) is 4.57 Å². The standard InChI is InChI=1S/C48H32N2S/c1-4-15-33(16-5-1)35-27-29-38(34-17-6-2-7-18-34)45(31-35)50(44-25-14-23-42-41-22-11-13-26-47(41)51-48(42)44)37-28-30-40-39-21-10-12-24-43(39)49(46(40)32-37)36-19-8-3-9-20-36/h1-32H. The summed E-state index contributed by atoms with van der Waals surface area (Å²) in [6, 6.07) is 70.5. The van der Waals surface area contributed by atoms with Crippen LogP contribution in [0.3, 0.4) is 0 Å². The highest BCUT2D eigenvalue weighted by Gasteiger charge is 2.23. The summed E-state index contributed by atoms with van der Waals surface area (Å²) in [6.45, 7) is 0. The van der Waals surface area contributed by atoms with Crippen LogP contribution in [0.5, 0.6) is 0 Å². The van der Waals surface area contributed by atoms with Crippen LogP contribution in [-0.2, 0) is 0 Å². The van der Waals surface area contributed by atoms with E-state index in [1.807, 2.05) is 11.3 Å². The second kappa shape index (κ2) is 12.2. The van der Waals surface area contributed by atoms with E-state index >= 15 is 0 Å². The van der Waals surface area contributed by atoms with E-state index in [-0.39, 0.29) is 0 Å². The molecule has 0 fully saturated rings. The fraction of sp³-hybridized carbons (Fsp3) is 0. The molecule has 0 unspecified atom stereocenters. The quantitative estimate of drug-likeness (QED) is 0.171. The lowest BCUT2D eigenvalue weighted by Crippen LogP contribution is -2.12. The molecule has 0 aliphatic carbocycles. The van der Waals surface area contributed by atoms with Crippen molar-refractivity contribution >= 4 is 70.4 Å². The van der Waals surface area contributed by atoms with E-state index in [1.165, 1.54) is 64.2 Å². The molecule has 0 bridgehead atoms. The highest BCUT2D eigenvalue weighted by atomic mass is 32.1. The smallest absolute Gasteiger partial charge is 0.0640 e. The second-order valence-electron chi connectivity index (χ2n) is 12.9. The van der Waals surface area contributed by atoms with Gasteiger partial charge in [0.1, 0.15) is 0 Å². The van der Waals surface area contributed by atoms with Crippen LogP contribution in [0.2, 0.25) is 0 Å². The van der Waals surface area contributed by atoms with E-state index in [4.69, 9.17) is 0 Å². The van der Waals surface area contributed by atoms with Crippen molar-refractivity contribution in [3.8, 4) is 27.9 Å². The Morgan fingerprint density at radius 2 is 1.04 bits per heavy atom. The van der Waals surface area contributed by atoms with Crippen LogP contribution in [0.25, 0.3) is 69.9 Å². The predicted octanol–water partition coefficient (Wildman–Crippen LogP) is 14.0. The van der Waals surface area contributed by atoms with Crippen molar-refractivity contribution < 1.29 is 0 Å². The number of benzene rings is 8. The fourth-order valence-electron chi connectivity index (χ4n) is 7.66. The van der Waals surface area contributed by atoms with Crippen molar-refractivity contribution in [1.29, 1.82) is 0 Å². The van der Waals surface area contributed by atoms with Crippen molar-refractivity contribution in [2.24, 2.45) is 0 Å². The topological polar surface area (TPSA) is 8.17 Å². The summed E-state index contributed by atoms with van der Waals surface area (Å²) < 4.78 is 4.97. The van der Waals surface area contributed by atoms with E-state index in [0.717, 1.165) is 22.7 Å². The second-order valence-corrected chi connectivity index (χ2v) is 14.0. The number of para-hydroxylation sites is 2. The lowest BCUT2D eigenvalue weighted by molar-refractivity contribution is 1.18. The minimum Gasteiger partial charge on any atom is -0.309 e. The summed E-state index contributed by atoms with van der Waals surface area (Å²) in [5.74, 6) is 0. The molecule has 0 aliphatic rings. The first-order chi connectivity index (χ1) is 25.3. The average molecular weight is 669 g/mol. The lowest BCUT2D eigenvalue weighted by atomic mass is 9.96. The van der Waals surface area contributed by atoms with Crippen molar-refractivity contribution in [3.63, 3.8) is 0 Å². The molecule has 0 N–H and O–H groups in total. The molecule has 0 saturated carbocycles. The van der Waals surface area contributed by atoms with Gasteiger partial charge >= 0.3 is 0 Å². The highest BCUT2D eigenvalue weighted by molar-refractivity contribution is 7.26. The first-order valence-electron chi connectivity index (χ1n) is 17.4. The van der Waals surface area contributed by atoms with Gasteiger partial charge in [-0.25, -0.2) is 0 Å². The Balaban J connectivity index is 1.32. The number of anilines is 3. The molecular weight excluding hydrogens is 637 g/mol. The van der Waals surface area contributed by atoms with Gasteiger partial charge in [-0.1, -0.05) is 146 Å². The van der Waals surface area contributed by atoms with E-state index in [2.05, 4.69) is 204 Å². The molecule has 0 saturated heterocycles. The molecular formula is C48H32N2S. The maximum Gasteiger partial charge on any atom is 0.0640 e. The Labute approximate surface area is 300 Å². The van der Waals surface area contributed by atoms with Gasteiger partial charge in [-0.05, 0) is 65.2 Å². The number of fused-ring (bicyclic) bond motifs is 6. The van der Waals surface area contributed by atoms with Crippen LogP contribution >= 0.6 is 11.3 Å². The minimum atomic E-state index is 1.11. The maximum atomic E-state index is 2.50. The molecule has 8 aromatic carbocycles. The molecule has 3 heteroatoms. The summed E-state index contributed by atoms with van der Waals surface area (Å²) in [5.41, 5.74) is 11.7. The number of aromatic nitrogens is 1. The first kappa shape index (κ1) is 29.5. The van der Waals surface area contributed by atoms with Gasteiger partial charge in [-0.2, -0.15) is 0 Å². The molecule has 0 aliphatic heterocycles. The molecule has 2 aromatic heterocycles. The number of hydrogen-bond donors (Lipinski definition) is 0. The molecule has 0 spiro atoms. The van der Waals surface area contributed by atoms with Gasteiger partial charge < -0.3 is 9.47 Å². The molecule has 0 amide bonds. The third-order valence-corrected chi connectivity index (χ3v) is 11.2. The summed E-state index contributed by atoms with van der Waals surface area (Å²) in [4.78, 5) is 2.50. The highest BCUT2D eigenvalue weighted by Crippen LogP contribution is 2.49. The number of thiophene rings is 1. The zero-order valence-corrected chi connectivity index (χ0v) is 28.6. The fourth-order valence-corrected chi connectivity index (χ4v) is 8.86. The summed E-state index contributed by atoms with van der Waals surface area (Å²) >= 11 is 1.87. The van der Waals surface area contributed by atoms with Crippen LogP contribution in [-0.4, -0.2) is 4.57 Å². The Morgan fingerprint density at radius 1 is 0.392 bits per heavy atom. The maximum absolute atomic E-state index is 2.50. The largest absolute Gasteiger partial charge is 0.309 e. The Bertz CT molecular complexity index is 2850. The van der Waals surface area contributed by atoms with Crippen molar-refractivity contribution in [3.05, 3.63) is 194 Å². The Kier molecular flexibility index (Phi) is 7.04. The van der Waals surface area contributed by atoms with Gasteiger partial charge in [-0.15, -0.1) is 11.3 Å². The van der Waals surface area contributed by atoms with Gasteiger partial charge in [0.2, 0.25) is 0 Å². The molecule has 10 aromatic rings. The van der Waals surface area contributed by atoms with Gasteiger partial charge in [0.25, 0.3) is 0 Å². The number of hydrogen-bond acceptors (Lipinski definition) is 2. The Hall–Kier alpha value is -6.42. The van der Waals surface area contributed by atoms with E-state index in [0.29, 0.717) is 0 Å². The third kappa shape index (κ3) is 4.93. The van der Waals surface area contributed by atoms with Crippen LogP contribution < -0.4 is 4.90 Å². The van der Waals surface area contributed by atoms with Gasteiger partial charge in [-0.3, -0.25) is 0 Å². The molecule has 2 heterocycles. The molecule has 2 nitrogen and oxygen atoms in total. The first-order valence-corrected chi connectivity index (χ1v) is 18.2. The van der Waals surface area contributed by atoms with Gasteiger partial charge in [0.05, 0.1) is 27.1 Å². The molecule has 0 atom stereocenters. The molecule has 51 heavy (non-hydrogen) atoms. The summed E-state index contributed by atoms with van der Waals surface area (Å²) in [7, 11) is 0. The third-order valence-electron chi connectivity index (χ3n) is 9.98. The van der Waals surface area contributed by atoms with E-state index in [9.17, 15) is 0 Å². The zero-order chi connectivity index (χ0) is 33.7. The monoisotopic (exact) mass is 668 g/mol. The van der Waals surface area contributed by atoms with Crippen LogP contribution in [0.15, 0.2) is 194 Å². The van der Waals surface area contributed by atoms with Crippen molar-refractivity contribution in [2.45, 2.75) is 0 Å². The van der Waals surface area contributed by atoms with E-state index < -0.39 is 0 Å². The summed E-state index contributed by atoms with van der Waals surface area (Å²) in [5, 5.41) is 5.05. The van der Waals surface area contributed by atoms with Crippen LogP contribution in [0, 0.1) is 0 Å². The van der Waals surface area contributed by atoms with Crippen LogP contribution in [0.1, 0.15) is 0 Å². The van der Waals surface area contributed by atoms with Crippen LogP contribution in [0.4, 0.5) is 17.1 Å². The lowest BCUT2D eigenvalue weighted by Gasteiger charge is -2.29. The average Bonchev–Trinajstić information content (AvgIpc) is 3.75. The normalized spacial score (nSPS) is 11.5. The van der Waals surface area contributed by atoms with Crippen molar-refractivity contribution in [2.75, 3.05) is 4.90 Å². The number of rotatable bonds is 6. The SMILES string of the molecule is c1ccc(-c2ccc(-c3ccccc3)c(N(c3ccc4c5ccccc5n(-c5ccccc5)c4c3)c3cccc4c3sc3ccccc34)c2)cc1. The molecule has 10 rings (SSSR count). The molecule has 240 valence electrons. The predicted molar refractivity (Wildman–Crippen MR) is 219 cm³/mol. The van der Waals surface area contributed by atoms with Gasteiger partial charge in [0, 0.05) is 43.2 Å². The minimum absolute atomic E-state index is 1.11. The zero-order valence-electron chi connectivity index (χ0n) is 27.8. The Morgan fingerprint density at radius 3 is 1.84 bits per heavy atom. The summed E-state index contributed by atoms with van der Waals surface area (Å²) in [6.07, 6.45) is 0. The van der Waals surface area contributed by atoms with Gasteiger partial charge in [0.15, 0.2) is 0 Å². The number of nitrogens with zero attached hydrogens (tertiary/aromatic N) is 2.